The molecule has 0 bridgehead atoms. The Morgan fingerprint density at radius 1 is 1.29 bits per heavy atom. The molecule has 3 rings (SSSR count). The Hall–Kier alpha value is -1.34. The van der Waals surface area contributed by atoms with E-state index in [9.17, 15) is 13.2 Å². The first kappa shape index (κ1) is 14.6. The van der Waals surface area contributed by atoms with E-state index in [1.54, 1.807) is 4.31 Å². The SMILES string of the molecule is COC(=O)c1ccc(S(=O)(=O)N2CCC[C@H]2C2CCC2)o1. The quantitative estimate of drug-likeness (QED) is 0.795. The Morgan fingerprint density at radius 2 is 2.05 bits per heavy atom. The van der Waals surface area contributed by atoms with Crippen molar-refractivity contribution in [2.24, 2.45) is 5.92 Å². The van der Waals surface area contributed by atoms with Gasteiger partial charge in [0.1, 0.15) is 0 Å². The van der Waals surface area contributed by atoms with Crippen LogP contribution in [0.25, 0.3) is 0 Å². The van der Waals surface area contributed by atoms with Gasteiger partial charge in [-0.25, -0.2) is 13.2 Å². The van der Waals surface area contributed by atoms with E-state index in [0.29, 0.717) is 12.5 Å². The largest absolute Gasteiger partial charge is 0.463 e. The molecule has 1 atom stereocenters. The molecule has 0 spiro atoms. The summed E-state index contributed by atoms with van der Waals surface area (Å²) in [5.74, 6) is -0.291. The van der Waals surface area contributed by atoms with Crippen molar-refractivity contribution in [1.29, 1.82) is 0 Å². The number of ether oxygens (including phenoxy) is 1. The summed E-state index contributed by atoms with van der Waals surface area (Å²) in [6.07, 6.45) is 5.17. The lowest BCUT2D eigenvalue weighted by Gasteiger charge is -2.35. The monoisotopic (exact) mass is 313 g/mol. The van der Waals surface area contributed by atoms with Crippen LogP contribution in [0.4, 0.5) is 0 Å². The molecule has 1 saturated carbocycles. The molecule has 1 aliphatic carbocycles. The molecule has 0 N–H and O–H groups in total. The number of hydrogen-bond acceptors (Lipinski definition) is 5. The van der Waals surface area contributed by atoms with Gasteiger partial charge in [-0.2, -0.15) is 4.31 Å². The molecule has 0 aromatic carbocycles. The van der Waals surface area contributed by atoms with Gasteiger partial charge in [0.15, 0.2) is 0 Å². The molecule has 0 unspecified atom stereocenters. The van der Waals surface area contributed by atoms with Crippen molar-refractivity contribution in [3.63, 3.8) is 0 Å². The molecular formula is C14H19NO5S. The van der Waals surface area contributed by atoms with E-state index in [-0.39, 0.29) is 16.9 Å². The maximum atomic E-state index is 12.7. The van der Waals surface area contributed by atoms with E-state index in [4.69, 9.17) is 4.42 Å². The third-order valence-electron chi connectivity index (χ3n) is 4.47. The van der Waals surface area contributed by atoms with Gasteiger partial charge in [-0.1, -0.05) is 6.42 Å². The molecule has 2 heterocycles. The van der Waals surface area contributed by atoms with Crippen LogP contribution in [0.3, 0.4) is 0 Å². The zero-order valence-corrected chi connectivity index (χ0v) is 12.8. The fraction of sp³-hybridized carbons (Fsp3) is 0.643. The Labute approximate surface area is 124 Å². The van der Waals surface area contributed by atoms with Crippen molar-refractivity contribution < 1.29 is 22.4 Å². The van der Waals surface area contributed by atoms with Gasteiger partial charge in [-0.3, -0.25) is 0 Å². The van der Waals surface area contributed by atoms with Crippen LogP contribution in [-0.4, -0.2) is 38.4 Å². The van der Waals surface area contributed by atoms with Crippen LogP contribution in [0.5, 0.6) is 0 Å². The summed E-state index contributed by atoms with van der Waals surface area (Å²) >= 11 is 0. The molecule has 21 heavy (non-hydrogen) atoms. The van der Waals surface area contributed by atoms with E-state index >= 15 is 0 Å². The van der Waals surface area contributed by atoms with Crippen molar-refractivity contribution in [3.8, 4) is 0 Å². The predicted octanol–water partition coefficient (Wildman–Crippen LogP) is 2.02. The van der Waals surface area contributed by atoms with Gasteiger partial charge in [-0.15, -0.1) is 0 Å². The fourth-order valence-corrected chi connectivity index (χ4v) is 4.81. The number of furan rings is 1. The summed E-state index contributed by atoms with van der Waals surface area (Å²) in [6, 6.07) is 2.75. The minimum absolute atomic E-state index is 0.0791. The number of carbonyl (C=O) groups is 1. The van der Waals surface area contributed by atoms with Crippen LogP contribution < -0.4 is 0 Å². The average Bonchev–Trinajstić information content (AvgIpc) is 3.04. The number of sulfonamides is 1. The smallest absolute Gasteiger partial charge is 0.374 e. The van der Waals surface area contributed by atoms with Crippen molar-refractivity contribution in [2.75, 3.05) is 13.7 Å². The highest BCUT2D eigenvalue weighted by atomic mass is 32.2. The molecule has 2 fully saturated rings. The first-order valence-corrected chi connectivity index (χ1v) is 8.68. The van der Waals surface area contributed by atoms with E-state index in [1.165, 1.54) is 25.7 Å². The van der Waals surface area contributed by atoms with Crippen LogP contribution in [0, 0.1) is 5.92 Å². The van der Waals surface area contributed by atoms with Gasteiger partial charge in [0, 0.05) is 12.6 Å². The maximum Gasteiger partial charge on any atom is 0.374 e. The van der Waals surface area contributed by atoms with Crippen LogP contribution in [0.1, 0.15) is 42.7 Å². The topological polar surface area (TPSA) is 76.8 Å². The lowest BCUT2D eigenvalue weighted by molar-refractivity contribution is 0.0558. The van der Waals surface area contributed by atoms with Gasteiger partial charge in [0.25, 0.3) is 10.0 Å². The van der Waals surface area contributed by atoms with Crippen LogP contribution in [0.15, 0.2) is 21.6 Å². The predicted molar refractivity (Wildman–Crippen MR) is 74.3 cm³/mol. The minimum Gasteiger partial charge on any atom is -0.463 e. The molecule has 1 aliphatic heterocycles. The molecule has 1 saturated heterocycles. The van der Waals surface area contributed by atoms with E-state index < -0.39 is 16.0 Å². The maximum absolute atomic E-state index is 12.7. The fourth-order valence-electron chi connectivity index (χ4n) is 3.14. The normalized spacial score (nSPS) is 24.0. The molecule has 7 heteroatoms. The van der Waals surface area contributed by atoms with Gasteiger partial charge < -0.3 is 9.15 Å². The third-order valence-corrected chi connectivity index (χ3v) is 6.27. The lowest BCUT2D eigenvalue weighted by Crippen LogP contribution is -2.42. The second kappa shape index (κ2) is 5.46. The number of carbonyl (C=O) groups excluding carboxylic acids is 1. The minimum atomic E-state index is -3.67. The van der Waals surface area contributed by atoms with E-state index in [0.717, 1.165) is 25.7 Å². The summed E-state index contributed by atoms with van der Waals surface area (Å²) in [5.41, 5.74) is 0. The Kier molecular flexibility index (Phi) is 3.79. The Morgan fingerprint density at radius 3 is 2.67 bits per heavy atom. The molecule has 116 valence electrons. The Balaban J connectivity index is 1.85. The van der Waals surface area contributed by atoms with Crippen LogP contribution >= 0.6 is 0 Å². The number of nitrogens with zero attached hydrogens (tertiary/aromatic N) is 1. The van der Waals surface area contributed by atoms with Crippen molar-refractivity contribution >= 4 is 16.0 Å². The summed E-state index contributed by atoms with van der Waals surface area (Å²) in [4.78, 5) is 11.4. The molecule has 0 radical (unpaired) electrons. The molecule has 1 aromatic heterocycles. The second-order valence-corrected chi connectivity index (χ2v) is 7.45. The molecule has 1 aromatic rings. The first-order chi connectivity index (χ1) is 10.0. The third kappa shape index (κ3) is 2.48. The number of methoxy groups -OCH3 is 1. The standard InChI is InChI=1S/C14H19NO5S/c1-19-14(16)12-7-8-13(20-12)21(17,18)15-9-3-6-11(15)10-4-2-5-10/h7-8,10-11H,2-6,9H2,1H3/t11-/m0/s1. The Bertz CT molecular complexity index is 632. The highest BCUT2D eigenvalue weighted by molar-refractivity contribution is 7.89. The highest BCUT2D eigenvalue weighted by Crippen LogP contribution is 2.39. The van der Waals surface area contributed by atoms with E-state index in [1.807, 2.05) is 0 Å². The summed E-state index contributed by atoms with van der Waals surface area (Å²) in [6.45, 7) is 0.526. The van der Waals surface area contributed by atoms with Crippen LogP contribution in [-0.2, 0) is 14.8 Å². The lowest BCUT2D eigenvalue weighted by atomic mass is 9.79. The molecule has 2 aliphatic rings. The van der Waals surface area contributed by atoms with Crippen molar-refractivity contribution in [3.05, 3.63) is 17.9 Å². The van der Waals surface area contributed by atoms with Gasteiger partial charge in [0.05, 0.1) is 7.11 Å². The molecular weight excluding hydrogens is 294 g/mol. The first-order valence-electron chi connectivity index (χ1n) is 7.24. The average molecular weight is 313 g/mol. The van der Waals surface area contributed by atoms with Crippen molar-refractivity contribution in [1.82, 2.24) is 4.31 Å². The number of esters is 1. The number of hydrogen-bond donors (Lipinski definition) is 0. The number of rotatable bonds is 4. The summed E-state index contributed by atoms with van der Waals surface area (Å²) in [7, 11) is -2.44. The van der Waals surface area contributed by atoms with Gasteiger partial charge >= 0.3 is 5.97 Å². The second-order valence-electron chi connectivity index (χ2n) is 5.63. The van der Waals surface area contributed by atoms with Crippen LogP contribution in [0.2, 0.25) is 0 Å². The molecule has 0 amide bonds. The highest BCUT2D eigenvalue weighted by Gasteiger charge is 2.42. The van der Waals surface area contributed by atoms with E-state index in [2.05, 4.69) is 4.74 Å². The van der Waals surface area contributed by atoms with Gasteiger partial charge in [0.2, 0.25) is 10.9 Å². The van der Waals surface area contributed by atoms with Gasteiger partial charge in [-0.05, 0) is 43.7 Å². The summed E-state index contributed by atoms with van der Waals surface area (Å²) < 4.78 is 36.7. The molecule has 6 nitrogen and oxygen atoms in total. The zero-order chi connectivity index (χ0) is 15.0. The summed E-state index contributed by atoms with van der Waals surface area (Å²) in [5, 5.41) is -0.172. The van der Waals surface area contributed by atoms with Crippen molar-refractivity contribution in [2.45, 2.75) is 43.2 Å². The zero-order valence-electron chi connectivity index (χ0n) is 11.9.